The van der Waals surface area contributed by atoms with Crippen LogP contribution >= 0.6 is 11.8 Å². The zero-order valence-electron chi connectivity index (χ0n) is 66.8. The van der Waals surface area contributed by atoms with Gasteiger partial charge in [-0.05, 0) is 119 Å². The van der Waals surface area contributed by atoms with Gasteiger partial charge in [0.1, 0.15) is 72.5 Å². The molecule has 1 heterocycles. The number of thioether (sulfide) groups is 1. The van der Waals surface area contributed by atoms with E-state index in [9.17, 15) is 102 Å². The minimum Gasteiger partial charge on any atom is -0.481 e. The standard InChI is InChI=1S/C71H119N25O21S/c1-36(2)53(94-60(109)41(18-11-30-83-70(77)78)85-55(104)39(72)16-9-28-81-68(73)74)65(114)93-48(35-97)63(112)92-47(34-38-14-7-6-8-15-38)62(111)87-42(19-12-31-84-71(79)80)61(110)95-54(37(3)4)66(115)96-32-13-20-49(96)64(113)90-45(23-26-52(102)103)59(108)89-44(22-25-51(100)101)58(107)88-43(21-24-50(98)99)57(106)86-40(17-10-29-82-69(75)76)56(105)91-46(67(116)117)27-33-118-5/h6-8,14-15,36-37,39-49,53-54,97H,9-13,16-35,72H2,1-5H3,(H,85,104)(H,86,106)(H,87,111)(H,88,107)(H,89,108)(H,90,113)(H,91,105)(H,92,112)(H,93,114)(H,94,109)(H,95,110)(H,98,99)(H,100,101)(H,102,103)(H,116,117)(H4,73,74,81)(H4,75,76,82)(H4,77,78,83)(H4,79,80,84)/t39-,40-,41-,42-,43-,44-,45-,46-,47-,48-,49-,53-,54-/m0/s1. The molecule has 1 aromatic carbocycles. The van der Waals surface area contributed by atoms with Crippen molar-refractivity contribution in [3.05, 3.63) is 35.9 Å². The first-order valence-corrected chi connectivity index (χ1v) is 39.6. The fourth-order valence-corrected chi connectivity index (χ4v) is 12.3. The van der Waals surface area contributed by atoms with Crippen molar-refractivity contribution in [2.24, 2.45) is 83.4 Å². The van der Waals surface area contributed by atoms with Crippen molar-refractivity contribution in [3.8, 4) is 0 Å². The molecule has 1 aliphatic heterocycles. The Kier molecular flexibility index (Phi) is 46.8. The van der Waals surface area contributed by atoms with Crippen LogP contribution in [0.3, 0.4) is 0 Å². The molecule has 660 valence electrons. The second-order valence-corrected chi connectivity index (χ2v) is 29.4. The molecule has 1 aliphatic rings. The third-order valence-corrected chi connectivity index (χ3v) is 18.8. The number of aliphatic carboxylic acids is 4. The van der Waals surface area contributed by atoms with E-state index in [1.165, 1.54) is 11.8 Å². The topological polar surface area (TPSA) is 793 Å². The second-order valence-electron chi connectivity index (χ2n) is 28.4. The largest absolute Gasteiger partial charge is 0.481 e. The molecule has 47 heteroatoms. The summed E-state index contributed by atoms with van der Waals surface area (Å²) in [6.45, 7) is 5.05. The average molecular weight is 1690 g/mol. The summed E-state index contributed by atoms with van der Waals surface area (Å²) in [5, 5.41) is 76.8. The molecule has 0 saturated carbocycles. The van der Waals surface area contributed by atoms with Crippen LogP contribution in [0.1, 0.15) is 142 Å². The number of aliphatic imine (C=N–C) groups is 4. The van der Waals surface area contributed by atoms with Crippen LogP contribution in [0.15, 0.2) is 50.3 Å². The zero-order chi connectivity index (χ0) is 88.9. The lowest BCUT2D eigenvalue weighted by atomic mass is 10.00. The molecule has 34 N–H and O–H groups in total. The van der Waals surface area contributed by atoms with Crippen LogP contribution < -0.4 is 110 Å². The van der Waals surface area contributed by atoms with Gasteiger partial charge in [-0.2, -0.15) is 11.8 Å². The molecule has 1 saturated heterocycles. The molecule has 46 nitrogen and oxygen atoms in total. The van der Waals surface area contributed by atoms with Gasteiger partial charge in [-0.1, -0.05) is 58.0 Å². The number of rotatable bonds is 57. The van der Waals surface area contributed by atoms with Gasteiger partial charge < -0.3 is 141 Å². The van der Waals surface area contributed by atoms with Crippen molar-refractivity contribution in [2.45, 2.75) is 222 Å². The Balaban J connectivity index is 2.57. The molecule has 1 aromatic rings. The normalized spacial score (nSPS) is 15.3. The smallest absolute Gasteiger partial charge is 0.326 e. The third-order valence-electron chi connectivity index (χ3n) is 18.2. The van der Waals surface area contributed by atoms with Gasteiger partial charge in [0.15, 0.2) is 23.8 Å². The Bertz CT molecular complexity index is 3670. The molecule has 1 fully saturated rings. The Hall–Kier alpha value is -11.9. The lowest BCUT2D eigenvalue weighted by Crippen LogP contribution is -2.62. The summed E-state index contributed by atoms with van der Waals surface area (Å²) in [7, 11) is 0. The van der Waals surface area contributed by atoms with E-state index < -0.39 is 230 Å². The number of guanidine groups is 4. The maximum Gasteiger partial charge on any atom is 0.326 e. The van der Waals surface area contributed by atoms with Gasteiger partial charge >= 0.3 is 23.9 Å². The molecule has 0 unspecified atom stereocenters. The van der Waals surface area contributed by atoms with E-state index in [0.29, 0.717) is 17.7 Å². The van der Waals surface area contributed by atoms with Crippen LogP contribution in [0, 0.1) is 11.8 Å². The molecule has 0 spiro atoms. The fourth-order valence-electron chi connectivity index (χ4n) is 11.8. The highest BCUT2D eigenvalue weighted by atomic mass is 32.2. The van der Waals surface area contributed by atoms with E-state index >= 15 is 0 Å². The van der Waals surface area contributed by atoms with E-state index in [0.717, 1.165) is 4.90 Å². The van der Waals surface area contributed by atoms with Crippen LogP contribution in [-0.4, -0.2) is 279 Å². The minimum absolute atomic E-state index is 0.00335. The zero-order valence-corrected chi connectivity index (χ0v) is 67.6. The molecule has 118 heavy (non-hydrogen) atoms. The predicted molar refractivity (Wildman–Crippen MR) is 432 cm³/mol. The van der Waals surface area contributed by atoms with Gasteiger partial charge in [-0.15, -0.1) is 0 Å². The Labute approximate surface area is 685 Å². The number of amides is 12. The summed E-state index contributed by atoms with van der Waals surface area (Å²) in [6.07, 6.45) is -3.01. The van der Waals surface area contributed by atoms with Crippen molar-refractivity contribution in [1.82, 2.24) is 63.4 Å². The predicted octanol–water partition coefficient (Wildman–Crippen LogP) is -8.17. The number of aliphatic hydroxyl groups excluding tert-OH is 1. The summed E-state index contributed by atoms with van der Waals surface area (Å²) in [6, 6.07) is -12.2. The molecule has 0 aliphatic carbocycles. The Morgan fingerprint density at radius 2 is 0.763 bits per heavy atom. The van der Waals surface area contributed by atoms with Crippen molar-refractivity contribution in [2.75, 3.05) is 51.3 Å². The number of carbonyl (C=O) groups is 16. The number of nitrogens with zero attached hydrogens (tertiary/aromatic N) is 5. The summed E-state index contributed by atoms with van der Waals surface area (Å²) >= 11 is 1.29. The first-order valence-electron chi connectivity index (χ1n) is 38.2. The van der Waals surface area contributed by atoms with Gasteiger partial charge in [0, 0.05) is 58.4 Å². The monoisotopic (exact) mass is 1690 g/mol. The molecular formula is C71H119N25O21S. The van der Waals surface area contributed by atoms with Crippen LogP contribution in [0.5, 0.6) is 0 Å². The summed E-state index contributed by atoms with van der Waals surface area (Å²) < 4.78 is 0. The van der Waals surface area contributed by atoms with E-state index in [2.05, 4.69) is 78.5 Å². The van der Waals surface area contributed by atoms with Gasteiger partial charge in [0.25, 0.3) is 0 Å². The lowest BCUT2D eigenvalue weighted by molar-refractivity contribution is -0.144. The molecule has 0 bridgehead atoms. The summed E-state index contributed by atoms with van der Waals surface area (Å²) in [5.41, 5.74) is 50.4. The van der Waals surface area contributed by atoms with Crippen LogP contribution in [0.2, 0.25) is 0 Å². The number of carboxylic acid groups (broad SMARTS) is 4. The molecular weight excluding hydrogens is 1570 g/mol. The number of aliphatic hydroxyl groups is 1. The van der Waals surface area contributed by atoms with Crippen molar-refractivity contribution in [3.63, 3.8) is 0 Å². The number of carbonyl (C=O) groups excluding carboxylic acids is 12. The number of benzene rings is 1. The molecule has 0 aromatic heterocycles. The average Bonchev–Trinajstić information content (AvgIpc) is 1.58. The van der Waals surface area contributed by atoms with Gasteiger partial charge in [-0.25, -0.2) is 4.79 Å². The first kappa shape index (κ1) is 102. The Morgan fingerprint density at radius 3 is 1.14 bits per heavy atom. The van der Waals surface area contributed by atoms with E-state index in [1.807, 2.05) is 0 Å². The van der Waals surface area contributed by atoms with E-state index in [-0.39, 0.29) is 127 Å². The SMILES string of the molecule is CSCC[C@H](NC(=O)[C@H](CCCN=C(N)N)NC(=O)[C@H](CCC(=O)O)NC(=O)[C@H](CCC(=O)O)NC(=O)[C@H](CCC(=O)O)NC(=O)[C@@H]1CCCN1C(=O)[C@@H](NC(=O)[C@H](CCCN=C(N)N)NC(=O)[C@H](Cc1ccccc1)NC(=O)[C@H](CO)NC(=O)[C@@H](NC(=O)[C@H](CCCN=C(N)N)NC(=O)[C@@H](N)CCCN=C(N)N)C(C)C)C(C)C)C(=O)O. The molecule has 13 atom stereocenters. The highest BCUT2D eigenvalue weighted by Crippen LogP contribution is 2.22. The van der Waals surface area contributed by atoms with Gasteiger partial charge in [0.05, 0.1) is 12.6 Å². The van der Waals surface area contributed by atoms with Gasteiger partial charge in [-0.3, -0.25) is 91.9 Å². The van der Waals surface area contributed by atoms with Crippen LogP contribution in [0.4, 0.5) is 0 Å². The quantitative estimate of drug-likeness (QED) is 0.0164. The lowest BCUT2D eigenvalue weighted by Gasteiger charge is -2.32. The van der Waals surface area contributed by atoms with Gasteiger partial charge in [0.2, 0.25) is 70.9 Å². The number of carboxylic acids is 4. The second kappa shape index (κ2) is 54.1. The highest BCUT2D eigenvalue weighted by molar-refractivity contribution is 7.98. The maximum atomic E-state index is 14.9. The molecule has 0 radical (unpaired) electrons. The number of hydrogen-bond acceptors (Lipinski definition) is 23. The van der Waals surface area contributed by atoms with Crippen LogP contribution in [-0.2, 0) is 83.1 Å². The van der Waals surface area contributed by atoms with E-state index in [1.54, 1.807) is 64.3 Å². The number of nitrogens with two attached hydrogens (primary N) is 9. The Morgan fingerprint density at radius 1 is 0.424 bits per heavy atom. The highest BCUT2D eigenvalue weighted by Gasteiger charge is 2.43. The maximum absolute atomic E-state index is 14.9. The number of nitrogens with one attached hydrogen (secondary N) is 11. The van der Waals surface area contributed by atoms with Crippen molar-refractivity contribution >= 4 is 130 Å². The van der Waals surface area contributed by atoms with E-state index in [4.69, 9.17) is 51.6 Å². The van der Waals surface area contributed by atoms with Crippen molar-refractivity contribution < 1.29 is 102 Å². The minimum atomic E-state index is -1.93. The third kappa shape index (κ3) is 39.6. The fraction of sp³-hybridized carbons (Fsp3) is 0.634. The molecule has 2 rings (SSSR count). The summed E-state index contributed by atoms with van der Waals surface area (Å²) in [4.78, 5) is 236. The van der Waals surface area contributed by atoms with Crippen LogP contribution in [0.25, 0.3) is 0 Å². The molecule has 12 amide bonds. The first-order chi connectivity index (χ1) is 55.6. The number of hydrogen-bond donors (Lipinski definition) is 25. The summed E-state index contributed by atoms with van der Waals surface area (Å²) in [5.74, 6) is -20.4. The van der Waals surface area contributed by atoms with Crippen molar-refractivity contribution in [1.29, 1.82) is 0 Å². The number of likely N-dealkylation sites (tertiary alicyclic amines) is 1.